The van der Waals surface area contributed by atoms with Crippen LogP contribution in [0.15, 0.2) is 12.1 Å². The zero-order valence-corrected chi connectivity index (χ0v) is 9.13. The first-order valence-corrected chi connectivity index (χ1v) is 4.71. The molecule has 1 aromatic carbocycles. The van der Waals surface area contributed by atoms with Crippen molar-refractivity contribution in [2.45, 2.75) is 0 Å². The first-order valence-electron chi connectivity index (χ1n) is 3.90. The molecule has 0 aromatic heterocycles. The van der Waals surface area contributed by atoms with Gasteiger partial charge < -0.3 is 14.2 Å². The van der Waals surface area contributed by atoms with Gasteiger partial charge in [-0.1, -0.05) is 0 Å². The van der Waals surface area contributed by atoms with E-state index in [4.69, 9.17) is 14.2 Å². The van der Waals surface area contributed by atoms with Crippen LogP contribution in [0.1, 0.15) is 0 Å². The lowest BCUT2D eigenvalue weighted by Gasteiger charge is -2.10. The molecule has 1 rings (SSSR count). The molecular weight excluding hydrogens is 203 g/mol. The number of hydrogen-bond donors (Lipinski definition) is 0. The molecule has 0 aliphatic rings. The summed E-state index contributed by atoms with van der Waals surface area (Å²) < 4.78 is 26.0. The standard InChI is InChI=1S/C9H11O4P/c1-11-6-4-7(12-2)9(14-10)8(5-6)13-3/h4-5H,1-3H3. The van der Waals surface area contributed by atoms with Crippen LogP contribution in [-0.2, 0) is 4.57 Å². The van der Waals surface area contributed by atoms with Crippen molar-refractivity contribution < 1.29 is 18.8 Å². The molecule has 0 atom stereocenters. The van der Waals surface area contributed by atoms with Crippen molar-refractivity contribution in [1.29, 1.82) is 0 Å². The van der Waals surface area contributed by atoms with E-state index >= 15 is 0 Å². The Morgan fingerprint density at radius 1 is 1.00 bits per heavy atom. The first-order chi connectivity index (χ1) is 6.76. The van der Waals surface area contributed by atoms with E-state index in [0.717, 1.165) is 0 Å². The summed E-state index contributed by atoms with van der Waals surface area (Å²) in [6, 6.07) is 3.31. The molecule has 0 N–H and O–H groups in total. The van der Waals surface area contributed by atoms with Gasteiger partial charge in [0.2, 0.25) is 0 Å². The van der Waals surface area contributed by atoms with E-state index in [9.17, 15) is 4.57 Å². The highest BCUT2D eigenvalue weighted by Crippen LogP contribution is 2.28. The number of ether oxygens (including phenoxy) is 3. The highest BCUT2D eigenvalue weighted by molar-refractivity contribution is 7.34. The second-order valence-corrected chi connectivity index (χ2v) is 3.10. The van der Waals surface area contributed by atoms with E-state index < -0.39 is 0 Å². The Bertz CT molecular complexity index is 313. The lowest BCUT2D eigenvalue weighted by atomic mass is 10.3. The molecule has 0 aliphatic heterocycles. The maximum absolute atomic E-state index is 10.9. The number of benzene rings is 1. The average molecular weight is 214 g/mol. The van der Waals surface area contributed by atoms with Crippen LogP contribution in [0.2, 0.25) is 0 Å². The van der Waals surface area contributed by atoms with Crippen molar-refractivity contribution in [2.75, 3.05) is 21.3 Å². The highest BCUT2D eigenvalue weighted by Gasteiger charge is 2.12. The van der Waals surface area contributed by atoms with Gasteiger partial charge in [0.15, 0.2) is 8.46 Å². The van der Waals surface area contributed by atoms with Gasteiger partial charge in [-0.3, -0.25) is 4.57 Å². The van der Waals surface area contributed by atoms with Crippen LogP contribution in [-0.4, -0.2) is 21.3 Å². The van der Waals surface area contributed by atoms with Gasteiger partial charge in [0.05, 0.1) is 21.3 Å². The maximum atomic E-state index is 10.9. The molecule has 0 heterocycles. The molecule has 0 fully saturated rings. The van der Waals surface area contributed by atoms with Crippen molar-refractivity contribution in [3.63, 3.8) is 0 Å². The van der Waals surface area contributed by atoms with Crippen molar-refractivity contribution >= 4 is 13.8 Å². The Kier molecular flexibility index (Phi) is 3.72. The van der Waals surface area contributed by atoms with Crippen LogP contribution in [0.3, 0.4) is 0 Å². The second-order valence-electron chi connectivity index (χ2n) is 2.47. The molecule has 5 heteroatoms. The van der Waals surface area contributed by atoms with E-state index in [1.807, 2.05) is 0 Å². The zero-order chi connectivity index (χ0) is 10.6. The zero-order valence-electron chi connectivity index (χ0n) is 8.23. The van der Waals surface area contributed by atoms with E-state index in [1.54, 1.807) is 19.2 Å². The fraction of sp³-hybridized carbons (Fsp3) is 0.333. The van der Waals surface area contributed by atoms with Gasteiger partial charge in [-0.25, -0.2) is 0 Å². The van der Waals surface area contributed by atoms with Crippen LogP contribution in [0.5, 0.6) is 17.2 Å². The minimum absolute atomic E-state index is 0.141. The topological polar surface area (TPSA) is 44.8 Å². The molecule has 4 nitrogen and oxygen atoms in total. The smallest absolute Gasteiger partial charge is 0.200 e. The Morgan fingerprint density at radius 2 is 1.50 bits per heavy atom. The van der Waals surface area contributed by atoms with E-state index in [-0.39, 0.29) is 8.46 Å². The van der Waals surface area contributed by atoms with Crippen molar-refractivity contribution in [1.82, 2.24) is 0 Å². The van der Waals surface area contributed by atoms with Gasteiger partial charge >= 0.3 is 0 Å². The maximum Gasteiger partial charge on any atom is 0.200 e. The Labute approximate surface area is 84.0 Å². The largest absolute Gasteiger partial charge is 0.496 e. The van der Waals surface area contributed by atoms with Gasteiger partial charge in [-0.05, 0) is 0 Å². The van der Waals surface area contributed by atoms with Crippen molar-refractivity contribution in [3.8, 4) is 17.2 Å². The van der Waals surface area contributed by atoms with E-state index in [2.05, 4.69) is 0 Å². The van der Waals surface area contributed by atoms with Crippen molar-refractivity contribution in [3.05, 3.63) is 12.1 Å². The molecule has 1 aromatic rings. The molecule has 0 amide bonds. The number of rotatable bonds is 4. The number of hydrogen-bond acceptors (Lipinski definition) is 4. The highest BCUT2D eigenvalue weighted by atomic mass is 31.1. The van der Waals surface area contributed by atoms with E-state index in [0.29, 0.717) is 22.6 Å². The SMILES string of the molecule is COc1cc(OC)c(P=O)c(OC)c1. The molecule has 0 aliphatic carbocycles. The molecule has 0 spiro atoms. The van der Waals surface area contributed by atoms with Gasteiger partial charge in [-0.15, -0.1) is 0 Å². The minimum Gasteiger partial charge on any atom is -0.496 e. The summed E-state index contributed by atoms with van der Waals surface area (Å²) in [4.78, 5) is 0. The van der Waals surface area contributed by atoms with Gasteiger partial charge in [0.1, 0.15) is 22.6 Å². The third-order valence-electron chi connectivity index (χ3n) is 1.78. The predicted molar refractivity (Wildman–Crippen MR) is 53.3 cm³/mol. The predicted octanol–water partition coefficient (Wildman–Crippen LogP) is 1.63. The minimum atomic E-state index is -0.141. The summed E-state index contributed by atoms with van der Waals surface area (Å²) in [5, 5.41) is 0.482. The normalized spacial score (nSPS) is 9.93. The molecule has 0 unspecified atom stereocenters. The molecule has 76 valence electrons. The molecule has 0 radical (unpaired) electrons. The lowest BCUT2D eigenvalue weighted by molar-refractivity contribution is 0.380. The van der Waals surface area contributed by atoms with Crippen LogP contribution in [0, 0.1) is 0 Å². The van der Waals surface area contributed by atoms with Gasteiger partial charge in [0, 0.05) is 12.1 Å². The summed E-state index contributed by atoms with van der Waals surface area (Å²) in [7, 11) is 4.41. The van der Waals surface area contributed by atoms with Crippen molar-refractivity contribution in [2.24, 2.45) is 0 Å². The summed E-state index contributed by atoms with van der Waals surface area (Å²) in [6.45, 7) is 0. The molecule has 0 bridgehead atoms. The number of methoxy groups -OCH3 is 3. The summed E-state index contributed by atoms with van der Waals surface area (Å²) in [5.41, 5.74) is 0. The Hall–Kier alpha value is -1.28. The third kappa shape index (κ3) is 1.96. The average Bonchev–Trinajstić information content (AvgIpc) is 2.26. The Morgan fingerprint density at radius 3 is 1.79 bits per heavy atom. The van der Waals surface area contributed by atoms with Gasteiger partial charge in [0.25, 0.3) is 0 Å². The third-order valence-corrected chi connectivity index (χ3v) is 2.40. The lowest BCUT2D eigenvalue weighted by Crippen LogP contribution is -2.04. The van der Waals surface area contributed by atoms with Crippen LogP contribution >= 0.6 is 8.46 Å². The van der Waals surface area contributed by atoms with Crippen LogP contribution in [0.4, 0.5) is 0 Å². The quantitative estimate of drug-likeness (QED) is 0.714. The fourth-order valence-electron chi connectivity index (χ4n) is 1.08. The van der Waals surface area contributed by atoms with Crippen LogP contribution < -0.4 is 19.5 Å². The molecule has 0 saturated heterocycles. The monoisotopic (exact) mass is 214 g/mol. The summed E-state index contributed by atoms with van der Waals surface area (Å²) in [5.74, 6) is 1.57. The summed E-state index contributed by atoms with van der Waals surface area (Å²) >= 11 is 0. The van der Waals surface area contributed by atoms with Crippen LogP contribution in [0.25, 0.3) is 0 Å². The van der Waals surface area contributed by atoms with E-state index in [1.165, 1.54) is 14.2 Å². The summed E-state index contributed by atoms with van der Waals surface area (Å²) in [6.07, 6.45) is 0. The first kappa shape index (κ1) is 10.8. The molecule has 0 saturated carbocycles. The second kappa shape index (κ2) is 4.82. The van der Waals surface area contributed by atoms with Gasteiger partial charge in [-0.2, -0.15) is 0 Å². The Balaban J connectivity index is 3.31. The molecule has 14 heavy (non-hydrogen) atoms. The fourth-order valence-corrected chi connectivity index (χ4v) is 1.57. The molecular formula is C9H11O4P.